The molecule has 1 unspecified atom stereocenters. The topological polar surface area (TPSA) is 36.3 Å². The van der Waals surface area contributed by atoms with E-state index in [-0.39, 0.29) is 5.92 Å². The average molecular weight is 401 g/mol. The molecule has 4 rings (SSSR count). The molecule has 0 aromatic heterocycles. The van der Waals surface area contributed by atoms with E-state index in [2.05, 4.69) is 17.0 Å². The minimum absolute atomic E-state index is 0.215. The van der Waals surface area contributed by atoms with Gasteiger partial charge in [0.2, 0.25) is 6.43 Å². The molecule has 1 N–H and O–H groups in total. The van der Waals surface area contributed by atoms with Gasteiger partial charge in [0.15, 0.2) is 0 Å². The molecule has 1 aliphatic heterocycles. The van der Waals surface area contributed by atoms with Gasteiger partial charge in [0.25, 0.3) is 0 Å². The van der Waals surface area contributed by atoms with Crippen molar-refractivity contribution in [2.24, 2.45) is 11.8 Å². The van der Waals surface area contributed by atoms with E-state index in [0.29, 0.717) is 24.6 Å². The molecule has 1 aliphatic carbocycles. The number of nitrogens with one attached hydrogen (secondary N) is 1. The van der Waals surface area contributed by atoms with Gasteiger partial charge in [0.1, 0.15) is 5.75 Å². The van der Waals surface area contributed by atoms with Gasteiger partial charge < -0.3 is 10.1 Å². The summed E-state index contributed by atoms with van der Waals surface area (Å²) in [6.45, 7) is 1.91. The molecule has 0 spiro atoms. The van der Waals surface area contributed by atoms with Crippen molar-refractivity contribution in [2.45, 2.75) is 51.0 Å². The van der Waals surface area contributed by atoms with Gasteiger partial charge in [-0.3, -0.25) is 4.90 Å². The molecule has 29 heavy (non-hydrogen) atoms. The Morgan fingerprint density at radius 1 is 1.03 bits per heavy atom. The molecule has 0 amide bonds. The highest BCUT2D eigenvalue weighted by molar-refractivity contribution is 6.03. The van der Waals surface area contributed by atoms with Gasteiger partial charge in [-0.1, -0.05) is 18.2 Å². The summed E-state index contributed by atoms with van der Waals surface area (Å²) in [5, 5.41) is 11.0. The maximum Gasteiger partial charge on any atom is 0.241 e. The molecule has 156 valence electrons. The number of halogens is 2. The van der Waals surface area contributed by atoms with E-state index in [1.165, 1.54) is 0 Å². The molecule has 5 heteroatoms. The molecule has 1 atom stereocenters. The van der Waals surface area contributed by atoms with Crippen LogP contribution in [-0.2, 0) is 0 Å². The number of likely N-dealkylation sites (tertiary alicyclic amines) is 1. The zero-order chi connectivity index (χ0) is 20.4. The Kier molecular flexibility index (Phi) is 6.14. The van der Waals surface area contributed by atoms with Crippen LogP contribution in [-0.4, -0.2) is 43.3 Å². The van der Waals surface area contributed by atoms with Crippen LogP contribution in [0.4, 0.5) is 8.78 Å². The Bertz CT molecular complexity index is 861. The summed E-state index contributed by atoms with van der Waals surface area (Å²) in [4.78, 5) is 2.47. The highest BCUT2D eigenvalue weighted by atomic mass is 19.3. The van der Waals surface area contributed by atoms with Crippen LogP contribution in [0.1, 0.15) is 44.1 Å². The van der Waals surface area contributed by atoms with Crippen LogP contribution in [0.5, 0.6) is 5.75 Å². The van der Waals surface area contributed by atoms with Gasteiger partial charge in [-0.25, -0.2) is 8.78 Å². The van der Waals surface area contributed by atoms with E-state index in [4.69, 9.17) is 10.1 Å². The summed E-state index contributed by atoms with van der Waals surface area (Å²) >= 11 is 0. The fraction of sp³-hybridized carbons (Fsp3) is 0.542. The van der Waals surface area contributed by atoms with Gasteiger partial charge in [-0.05, 0) is 79.6 Å². The predicted octanol–water partition coefficient (Wildman–Crippen LogP) is 5.75. The second kappa shape index (κ2) is 8.78. The molecule has 2 aliphatic rings. The van der Waals surface area contributed by atoms with Gasteiger partial charge in [0.05, 0.1) is 7.11 Å². The summed E-state index contributed by atoms with van der Waals surface area (Å²) in [6.07, 6.45) is 2.94. The number of nitrogens with zero attached hydrogens (tertiary/aromatic N) is 1. The van der Waals surface area contributed by atoms with E-state index < -0.39 is 12.3 Å². The van der Waals surface area contributed by atoms with Gasteiger partial charge in [0, 0.05) is 30.1 Å². The first-order chi connectivity index (χ1) is 14.0. The number of hydrogen-bond donors (Lipinski definition) is 1. The van der Waals surface area contributed by atoms with Gasteiger partial charge in [-0.2, -0.15) is 0 Å². The quantitative estimate of drug-likeness (QED) is 0.649. The van der Waals surface area contributed by atoms with Crippen LogP contribution >= 0.6 is 0 Å². The zero-order valence-corrected chi connectivity index (χ0v) is 17.0. The minimum atomic E-state index is -2.17. The van der Waals surface area contributed by atoms with E-state index in [9.17, 15) is 8.78 Å². The number of piperidine rings is 1. The molecular weight excluding hydrogens is 370 g/mol. The Balaban J connectivity index is 1.43. The molecule has 1 heterocycles. The van der Waals surface area contributed by atoms with Gasteiger partial charge >= 0.3 is 0 Å². The normalized spacial score (nSPS) is 26.0. The molecule has 2 aromatic rings. The Morgan fingerprint density at radius 2 is 1.76 bits per heavy atom. The highest BCUT2D eigenvalue weighted by Crippen LogP contribution is 2.34. The number of ether oxygens (including phenoxy) is 1. The minimum Gasteiger partial charge on any atom is -0.497 e. The van der Waals surface area contributed by atoms with Gasteiger partial charge in [-0.15, -0.1) is 0 Å². The third-order valence-corrected chi connectivity index (χ3v) is 6.83. The maximum atomic E-state index is 13.0. The number of alkyl halides is 2. The molecule has 0 radical (unpaired) electrons. The van der Waals surface area contributed by atoms with Crippen molar-refractivity contribution in [3.63, 3.8) is 0 Å². The summed E-state index contributed by atoms with van der Waals surface area (Å²) in [6, 6.07) is 12.6. The number of rotatable bonds is 5. The van der Waals surface area contributed by atoms with Crippen LogP contribution in [0.25, 0.3) is 10.8 Å². The van der Waals surface area contributed by atoms with Crippen molar-refractivity contribution in [3.8, 4) is 5.75 Å². The Hall–Kier alpha value is -2.01. The average Bonchev–Trinajstić information content (AvgIpc) is 2.78. The standard InChI is InChI=1S/C24H30F2N2O/c1-29-22-11-8-17-13-19(5-4-18(17)14-22)23(27)20-3-2-12-28(15-20)21-9-6-16(7-10-21)24(25)26/h4-5,8,11,13-14,16,20-21,24,27H,2-3,6-7,9-10,12,15H2,1H3. The Labute approximate surface area is 171 Å². The molecule has 1 saturated carbocycles. The smallest absolute Gasteiger partial charge is 0.241 e. The maximum absolute atomic E-state index is 13.0. The molecule has 0 bridgehead atoms. The number of fused-ring (bicyclic) bond motifs is 1. The van der Waals surface area contributed by atoms with Crippen molar-refractivity contribution >= 4 is 16.5 Å². The lowest BCUT2D eigenvalue weighted by Crippen LogP contribution is -2.46. The molecule has 1 saturated heterocycles. The second-order valence-corrected chi connectivity index (χ2v) is 8.58. The van der Waals surface area contributed by atoms with E-state index >= 15 is 0 Å². The third-order valence-electron chi connectivity index (χ3n) is 6.83. The number of hydrogen-bond acceptors (Lipinski definition) is 3. The fourth-order valence-electron chi connectivity index (χ4n) is 5.05. The molecule has 3 nitrogen and oxygen atoms in total. The van der Waals surface area contributed by atoms with E-state index in [0.717, 1.165) is 60.9 Å². The SMILES string of the molecule is COc1ccc2cc(C(=N)C3CCCN(C4CCC(C(F)F)CC4)C3)ccc2c1. The van der Waals surface area contributed by atoms with Crippen LogP contribution in [0.15, 0.2) is 36.4 Å². The van der Waals surface area contributed by atoms with Crippen molar-refractivity contribution < 1.29 is 13.5 Å². The lowest BCUT2D eigenvalue weighted by atomic mass is 9.83. The van der Waals surface area contributed by atoms with Crippen molar-refractivity contribution in [2.75, 3.05) is 20.2 Å². The van der Waals surface area contributed by atoms with Crippen LogP contribution in [0, 0.1) is 17.2 Å². The summed E-state index contributed by atoms with van der Waals surface area (Å²) in [5.41, 5.74) is 1.68. The predicted molar refractivity (Wildman–Crippen MR) is 113 cm³/mol. The van der Waals surface area contributed by atoms with Crippen LogP contribution in [0.2, 0.25) is 0 Å². The number of methoxy groups -OCH3 is 1. The first-order valence-electron chi connectivity index (χ1n) is 10.7. The van der Waals surface area contributed by atoms with Crippen molar-refractivity contribution in [3.05, 3.63) is 42.0 Å². The first kappa shape index (κ1) is 20.3. The summed E-state index contributed by atoms with van der Waals surface area (Å²) in [7, 11) is 1.67. The second-order valence-electron chi connectivity index (χ2n) is 8.58. The van der Waals surface area contributed by atoms with Crippen LogP contribution in [0.3, 0.4) is 0 Å². The van der Waals surface area contributed by atoms with Crippen LogP contribution < -0.4 is 4.74 Å². The van der Waals surface area contributed by atoms with E-state index in [1.807, 2.05) is 24.3 Å². The third kappa shape index (κ3) is 4.45. The molecular formula is C24H30F2N2O. The largest absolute Gasteiger partial charge is 0.497 e. The monoisotopic (exact) mass is 400 g/mol. The highest BCUT2D eigenvalue weighted by Gasteiger charge is 2.33. The summed E-state index contributed by atoms with van der Waals surface area (Å²) in [5.74, 6) is 0.637. The lowest BCUT2D eigenvalue weighted by molar-refractivity contribution is 0.0276. The van der Waals surface area contributed by atoms with Crippen molar-refractivity contribution in [1.29, 1.82) is 5.41 Å². The first-order valence-corrected chi connectivity index (χ1v) is 10.7. The molecule has 2 aromatic carbocycles. The fourth-order valence-corrected chi connectivity index (χ4v) is 5.05. The Morgan fingerprint density at radius 3 is 2.48 bits per heavy atom. The molecule has 2 fully saturated rings. The zero-order valence-electron chi connectivity index (χ0n) is 17.0. The van der Waals surface area contributed by atoms with E-state index in [1.54, 1.807) is 7.11 Å². The lowest BCUT2D eigenvalue weighted by Gasteiger charge is -2.41. The number of benzene rings is 2. The summed E-state index contributed by atoms with van der Waals surface area (Å²) < 4.78 is 31.2. The van der Waals surface area contributed by atoms with Crippen molar-refractivity contribution in [1.82, 2.24) is 4.90 Å².